The first kappa shape index (κ1) is 12.3. The Kier molecular flexibility index (Phi) is 3.16. The number of para-hydroxylation sites is 1. The Morgan fingerprint density at radius 2 is 2.05 bits per heavy atom. The molecule has 5 nitrogen and oxygen atoms in total. The summed E-state index contributed by atoms with van der Waals surface area (Å²) in [6.45, 7) is 0. The summed E-state index contributed by atoms with van der Waals surface area (Å²) in [5, 5.41) is 9.14. The fourth-order valence-corrected chi connectivity index (χ4v) is 2.17. The smallest absolute Gasteiger partial charge is 0.337 e. The number of nitrogens with zero attached hydrogens (tertiary/aromatic N) is 2. The van der Waals surface area contributed by atoms with E-state index in [0.717, 1.165) is 23.5 Å². The number of aromatic nitrogens is 3. The molecule has 0 bridgehead atoms. The highest BCUT2D eigenvalue weighted by Gasteiger charge is 2.12. The minimum Gasteiger partial charge on any atom is -0.478 e. The van der Waals surface area contributed by atoms with Crippen LogP contribution in [0.25, 0.3) is 11.0 Å². The standard InChI is InChI=1S/C15H13N3O2/c19-15(20)11-5-3-6-12-14(11)18-13(17-12)8-7-10-4-1-2-9-16-10/h1-6,9H,7-8H2,(H,17,18)(H,19,20). The van der Waals surface area contributed by atoms with Crippen LogP contribution in [0, 0.1) is 0 Å². The van der Waals surface area contributed by atoms with Crippen molar-refractivity contribution in [2.75, 3.05) is 0 Å². The normalized spacial score (nSPS) is 10.8. The van der Waals surface area contributed by atoms with E-state index < -0.39 is 5.97 Å². The van der Waals surface area contributed by atoms with Crippen LogP contribution < -0.4 is 0 Å². The molecule has 0 atom stereocenters. The molecule has 0 fully saturated rings. The van der Waals surface area contributed by atoms with Gasteiger partial charge in [-0.05, 0) is 30.7 Å². The molecule has 0 radical (unpaired) electrons. The quantitative estimate of drug-likeness (QED) is 0.761. The van der Waals surface area contributed by atoms with E-state index in [1.807, 2.05) is 24.3 Å². The van der Waals surface area contributed by atoms with Crippen molar-refractivity contribution in [3.8, 4) is 0 Å². The zero-order valence-electron chi connectivity index (χ0n) is 10.7. The lowest BCUT2D eigenvalue weighted by molar-refractivity contribution is 0.0699. The van der Waals surface area contributed by atoms with Gasteiger partial charge in [0.25, 0.3) is 0 Å². The number of H-pyrrole nitrogens is 1. The van der Waals surface area contributed by atoms with Crippen LogP contribution >= 0.6 is 0 Å². The Labute approximate surface area is 115 Å². The van der Waals surface area contributed by atoms with E-state index in [1.165, 1.54) is 0 Å². The van der Waals surface area contributed by atoms with E-state index in [9.17, 15) is 4.79 Å². The van der Waals surface area contributed by atoms with E-state index in [0.29, 0.717) is 11.9 Å². The predicted octanol–water partition coefficient (Wildman–Crippen LogP) is 2.44. The van der Waals surface area contributed by atoms with Gasteiger partial charge < -0.3 is 10.1 Å². The molecule has 5 heteroatoms. The van der Waals surface area contributed by atoms with Crippen molar-refractivity contribution in [1.82, 2.24) is 15.0 Å². The Morgan fingerprint density at radius 3 is 2.80 bits per heavy atom. The Hall–Kier alpha value is -2.69. The maximum Gasteiger partial charge on any atom is 0.337 e. The fraction of sp³-hybridized carbons (Fsp3) is 0.133. The molecule has 3 rings (SSSR count). The average molecular weight is 267 g/mol. The summed E-state index contributed by atoms with van der Waals surface area (Å²) < 4.78 is 0. The molecule has 0 saturated heterocycles. The molecular weight excluding hydrogens is 254 g/mol. The van der Waals surface area contributed by atoms with Crippen LogP contribution in [0.1, 0.15) is 21.9 Å². The highest BCUT2D eigenvalue weighted by molar-refractivity contribution is 6.00. The van der Waals surface area contributed by atoms with Crippen LogP contribution in [-0.2, 0) is 12.8 Å². The maximum absolute atomic E-state index is 11.1. The van der Waals surface area contributed by atoms with Crippen LogP contribution in [0.15, 0.2) is 42.6 Å². The number of aromatic carboxylic acids is 1. The molecule has 1 aromatic carbocycles. The molecule has 0 saturated carbocycles. The second-order valence-electron chi connectivity index (χ2n) is 4.51. The van der Waals surface area contributed by atoms with Crippen LogP contribution in [0.3, 0.4) is 0 Å². The van der Waals surface area contributed by atoms with Gasteiger partial charge in [-0.1, -0.05) is 12.1 Å². The number of rotatable bonds is 4. The monoisotopic (exact) mass is 267 g/mol. The number of carbonyl (C=O) groups is 1. The molecule has 0 unspecified atom stereocenters. The number of benzene rings is 1. The number of fused-ring (bicyclic) bond motifs is 1. The molecule has 2 aromatic heterocycles. The summed E-state index contributed by atoms with van der Waals surface area (Å²) >= 11 is 0. The van der Waals surface area contributed by atoms with Gasteiger partial charge in [0.05, 0.1) is 11.1 Å². The average Bonchev–Trinajstić information content (AvgIpc) is 2.88. The molecule has 0 aliphatic heterocycles. The van der Waals surface area contributed by atoms with Gasteiger partial charge in [0.2, 0.25) is 0 Å². The highest BCUT2D eigenvalue weighted by Crippen LogP contribution is 2.17. The number of carboxylic acids is 1. The zero-order valence-corrected chi connectivity index (χ0v) is 10.7. The van der Waals surface area contributed by atoms with Crippen molar-refractivity contribution < 1.29 is 9.90 Å². The lowest BCUT2D eigenvalue weighted by Crippen LogP contribution is -1.97. The number of nitrogens with one attached hydrogen (secondary N) is 1. The summed E-state index contributed by atoms with van der Waals surface area (Å²) in [6.07, 6.45) is 3.23. The number of pyridine rings is 1. The van der Waals surface area contributed by atoms with Gasteiger partial charge in [0.1, 0.15) is 11.3 Å². The van der Waals surface area contributed by atoms with Crippen molar-refractivity contribution in [2.24, 2.45) is 0 Å². The van der Waals surface area contributed by atoms with Crippen LogP contribution in [0.2, 0.25) is 0 Å². The fourth-order valence-electron chi connectivity index (χ4n) is 2.17. The van der Waals surface area contributed by atoms with Gasteiger partial charge >= 0.3 is 5.97 Å². The van der Waals surface area contributed by atoms with Crippen LogP contribution in [0.4, 0.5) is 0 Å². The van der Waals surface area contributed by atoms with E-state index in [4.69, 9.17) is 5.11 Å². The number of hydrogen-bond donors (Lipinski definition) is 2. The van der Waals surface area contributed by atoms with Gasteiger partial charge in [-0.2, -0.15) is 0 Å². The Bertz CT molecular complexity index is 750. The van der Waals surface area contributed by atoms with Crippen molar-refractivity contribution in [3.63, 3.8) is 0 Å². The third-order valence-corrected chi connectivity index (χ3v) is 3.14. The summed E-state index contributed by atoms with van der Waals surface area (Å²) in [5.41, 5.74) is 2.48. The van der Waals surface area contributed by atoms with Gasteiger partial charge in [0.15, 0.2) is 0 Å². The number of aryl methyl sites for hydroxylation is 2. The molecular formula is C15H13N3O2. The topological polar surface area (TPSA) is 78.9 Å². The second-order valence-corrected chi connectivity index (χ2v) is 4.51. The summed E-state index contributed by atoms with van der Waals surface area (Å²) in [5.74, 6) is -0.183. The third kappa shape index (κ3) is 2.38. The van der Waals surface area contributed by atoms with Gasteiger partial charge in [-0.15, -0.1) is 0 Å². The molecule has 0 aliphatic rings. The highest BCUT2D eigenvalue weighted by atomic mass is 16.4. The third-order valence-electron chi connectivity index (χ3n) is 3.14. The lowest BCUT2D eigenvalue weighted by atomic mass is 10.2. The summed E-state index contributed by atoms with van der Waals surface area (Å²) in [6, 6.07) is 10.9. The van der Waals surface area contributed by atoms with Crippen molar-refractivity contribution in [2.45, 2.75) is 12.8 Å². The number of aromatic amines is 1. The molecule has 3 aromatic rings. The molecule has 0 amide bonds. The Balaban J connectivity index is 1.86. The minimum absolute atomic E-state index is 0.225. The predicted molar refractivity (Wildman–Crippen MR) is 74.7 cm³/mol. The molecule has 100 valence electrons. The minimum atomic E-state index is -0.960. The lowest BCUT2D eigenvalue weighted by Gasteiger charge is -1.97. The first-order chi connectivity index (χ1) is 9.74. The number of hydrogen-bond acceptors (Lipinski definition) is 3. The molecule has 2 heterocycles. The van der Waals surface area contributed by atoms with Gasteiger partial charge in [-0.25, -0.2) is 9.78 Å². The first-order valence-electron chi connectivity index (χ1n) is 6.35. The summed E-state index contributed by atoms with van der Waals surface area (Å²) in [7, 11) is 0. The van der Waals surface area contributed by atoms with E-state index in [-0.39, 0.29) is 5.56 Å². The van der Waals surface area contributed by atoms with E-state index >= 15 is 0 Å². The van der Waals surface area contributed by atoms with Crippen LogP contribution in [-0.4, -0.2) is 26.0 Å². The molecule has 0 spiro atoms. The zero-order chi connectivity index (χ0) is 13.9. The van der Waals surface area contributed by atoms with Crippen LogP contribution in [0.5, 0.6) is 0 Å². The largest absolute Gasteiger partial charge is 0.478 e. The van der Waals surface area contributed by atoms with Gasteiger partial charge in [0, 0.05) is 18.3 Å². The van der Waals surface area contributed by atoms with E-state index in [2.05, 4.69) is 15.0 Å². The number of carboxylic acid groups (broad SMARTS) is 1. The second kappa shape index (κ2) is 5.13. The first-order valence-corrected chi connectivity index (χ1v) is 6.35. The number of imidazole rings is 1. The molecule has 2 N–H and O–H groups in total. The molecule has 0 aliphatic carbocycles. The Morgan fingerprint density at radius 1 is 1.15 bits per heavy atom. The summed E-state index contributed by atoms with van der Waals surface area (Å²) in [4.78, 5) is 22.9. The van der Waals surface area contributed by atoms with E-state index in [1.54, 1.807) is 18.3 Å². The van der Waals surface area contributed by atoms with Crippen molar-refractivity contribution in [3.05, 3.63) is 59.7 Å². The van der Waals surface area contributed by atoms with Crippen molar-refractivity contribution in [1.29, 1.82) is 0 Å². The maximum atomic E-state index is 11.1. The SMILES string of the molecule is O=C(O)c1cccc2[nH]c(CCc3ccccn3)nc12. The molecule has 20 heavy (non-hydrogen) atoms. The van der Waals surface area contributed by atoms with Crippen molar-refractivity contribution >= 4 is 17.0 Å². The van der Waals surface area contributed by atoms with Gasteiger partial charge in [-0.3, -0.25) is 4.98 Å².